The molecule has 66 valence electrons. The minimum atomic E-state index is 0. The average molecular weight is 186 g/mol. The minimum absolute atomic E-state index is 0. The maximum atomic E-state index is 5.76. The molecule has 0 unspecified atom stereocenters. The van der Waals surface area contributed by atoms with Gasteiger partial charge in [0.15, 0.2) is 0 Å². The predicted molar refractivity (Wildman–Crippen MR) is 51.9 cm³/mol. The standard InChI is InChI=1S/C9H11NO.ClH/c10-8-4-1-5-9-7(8)3-2-6-11-9;/h1,4-5H,2-3,6,10H2;1H. The summed E-state index contributed by atoms with van der Waals surface area (Å²) >= 11 is 0. The smallest absolute Gasteiger partial charge is 0.124 e. The number of hydrogen-bond acceptors (Lipinski definition) is 2. The summed E-state index contributed by atoms with van der Waals surface area (Å²) in [5, 5.41) is 0. The lowest BCUT2D eigenvalue weighted by molar-refractivity contribution is 0.289. The van der Waals surface area contributed by atoms with Crippen LogP contribution in [0.4, 0.5) is 5.69 Å². The molecular weight excluding hydrogens is 174 g/mol. The van der Waals surface area contributed by atoms with Crippen LogP contribution in [-0.2, 0) is 6.42 Å². The number of ether oxygens (including phenoxy) is 1. The highest BCUT2D eigenvalue weighted by Crippen LogP contribution is 2.28. The zero-order valence-electron chi connectivity index (χ0n) is 6.75. The maximum absolute atomic E-state index is 5.76. The Morgan fingerprint density at radius 2 is 2.17 bits per heavy atom. The van der Waals surface area contributed by atoms with Gasteiger partial charge in [-0.15, -0.1) is 12.4 Å². The van der Waals surface area contributed by atoms with Gasteiger partial charge in [-0.2, -0.15) is 0 Å². The van der Waals surface area contributed by atoms with E-state index in [4.69, 9.17) is 10.5 Å². The molecule has 2 N–H and O–H groups in total. The Hall–Kier alpha value is -0.890. The van der Waals surface area contributed by atoms with Gasteiger partial charge < -0.3 is 10.5 Å². The summed E-state index contributed by atoms with van der Waals surface area (Å²) in [6, 6.07) is 5.83. The molecule has 3 heteroatoms. The van der Waals surface area contributed by atoms with Gasteiger partial charge in [0.2, 0.25) is 0 Å². The van der Waals surface area contributed by atoms with Gasteiger partial charge in [-0.05, 0) is 25.0 Å². The predicted octanol–water partition coefficient (Wildman–Crippen LogP) is 2.02. The van der Waals surface area contributed by atoms with Crippen molar-refractivity contribution in [2.45, 2.75) is 12.8 Å². The first-order chi connectivity index (χ1) is 5.38. The molecule has 1 heterocycles. The van der Waals surface area contributed by atoms with E-state index in [1.165, 1.54) is 5.56 Å². The SMILES string of the molecule is Cl.Nc1cccc2c1CCCO2. The molecule has 1 aromatic carbocycles. The van der Waals surface area contributed by atoms with Crippen LogP contribution in [0.5, 0.6) is 5.75 Å². The quantitative estimate of drug-likeness (QED) is 0.628. The Morgan fingerprint density at radius 1 is 1.33 bits per heavy atom. The van der Waals surface area contributed by atoms with Crippen LogP contribution in [0.1, 0.15) is 12.0 Å². The van der Waals surface area contributed by atoms with Gasteiger partial charge in [0.1, 0.15) is 5.75 Å². The van der Waals surface area contributed by atoms with Crippen LogP contribution in [-0.4, -0.2) is 6.61 Å². The normalized spacial score (nSPS) is 14.0. The van der Waals surface area contributed by atoms with Crippen molar-refractivity contribution in [1.29, 1.82) is 0 Å². The van der Waals surface area contributed by atoms with Crippen LogP contribution in [0.25, 0.3) is 0 Å². The summed E-state index contributed by atoms with van der Waals surface area (Å²) in [6.07, 6.45) is 2.14. The molecule has 2 nitrogen and oxygen atoms in total. The van der Waals surface area contributed by atoms with E-state index < -0.39 is 0 Å². The second-order valence-electron chi connectivity index (χ2n) is 2.78. The number of nitrogens with two attached hydrogens (primary N) is 1. The highest BCUT2D eigenvalue weighted by atomic mass is 35.5. The van der Waals surface area contributed by atoms with E-state index >= 15 is 0 Å². The number of anilines is 1. The molecule has 0 spiro atoms. The zero-order valence-corrected chi connectivity index (χ0v) is 7.56. The van der Waals surface area contributed by atoms with E-state index in [1.807, 2.05) is 18.2 Å². The van der Waals surface area contributed by atoms with E-state index in [1.54, 1.807) is 0 Å². The van der Waals surface area contributed by atoms with Crippen LogP contribution in [0.15, 0.2) is 18.2 Å². The first kappa shape index (κ1) is 9.20. The third-order valence-corrected chi connectivity index (χ3v) is 2.00. The molecule has 12 heavy (non-hydrogen) atoms. The highest BCUT2D eigenvalue weighted by molar-refractivity contribution is 5.85. The van der Waals surface area contributed by atoms with Crippen molar-refractivity contribution < 1.29 is 4.74 Å². The van der Waals surface area contributed by atoms with Crippen LogP contribution in [0.2, 0.25) is 0 Å². The molecule has 0 saturated heterocycles. The van der Waals surface area contributed by atoms with Crippen molar-refractivity contribution in [1.82, 2.24) is 0 Å². The largest absolute Gasteiger partial charge is 0.493 e. The molecule has 0 fully saturated rings. The third-order valence-electron chi connectivity index (χ3n) is 2.00. The van der Waals surface area contributed by atoms with Crippen molar-refractivity contribution in [3.63, 3.8) is 0 Å². The Labute approximate surface area is 78.1 Å². The molecule has 1 aliphatic heterocycles. The lowest BCUT2D eigenvalue weighted by Crippen LogP contribution is -2.09. The first-order valence-electron chi connectivity index (χ1n) is 3.88. The topological polar surface area (TPSA) is 35.2 Å². The van der Waals surface area contributed by atoms with E-state index in [0.29, 0.717) is 0 Å². The fourth-order valence-electron chi connectivity index (χ4n) is 1.42. The Balaban J connectivity index is 0.000000720. The highest BCUT2D eigenvalue weighted by Gasteiger charge is 2.11. The fraction of sp³-hybridized carbons (Fsp3) is 0.333. The van der Waals surface area contributed by atoms with E-state index in [2.05, 4.69) is 0 Å². The third kappa shape index (κ3) is 1.48. The molecule has 0 radical (unpaired) electrons. The van der Waals surface area contributed by atoms with Crippen LogP contribution >= 0.6 is 12.4 Å². The zero-order chi connectivity index (χ0) is 7.68. The maximum Gasteiger partial charge on any atom is 0.124 e. The number of halogens is 1. The molecule has 0 amide bonds. The summed E-state index contributed by atoms with van der Waals surface area (Å²) in [7, 11) is 0. The van der Waals surface area contributed by atoms with Crippen molar-refractivity contribution >= 4 is 18.1 Å². The number of benzene rings is 1. The van der Waals surface area contributed by atoms with E-state index in [0.717, 1.165) is 30.9 Å². The average Bonchev–Trinajstić information content (AvgIpc) is 2.06. The Morgan fingerprint density at radius 3 is 2.92 bits per heavy atom. The van der Waals surface area contributed by atoms with Gasteiger partial charge in [0.05, 0.1) is 6.61 Å². The van der Waals surface area contributed by atoms with Gasteiger partial charge in [0, 0.05) is 11.3 Å². The lowest BCUT2D eigenvalue weighted by atomic mass is 10.0. The number of hydrogen-bond donors (Lipinski definition) is 1. The second-order valence-corrected chi connectivity index (χ2v) is 2.78. The van der Waals surface area contributed by atoms with Gasteiger partial charge in [-0.3, -0.25) is 0 Å². The van der Waals surface area contributed by atoms with Crippen LogP contribution < -0.4 is 10.5 Å². The summed E-state index contributed by atoms with van der Waals surface area (Å²) in [6.45, 7) is 0.830. The lowest BCUT2D eigenvalue weighted by Gasteiger charge is -2.17. The first-order valence-corrected chi connectivity index (χ1v) is 3.88. The van der Waals surface area contributed by atoms with Crippen LogP contribution in [0, 0.1) is 0 Å². The molecule has 0 saturated carbocycles. The molecule has 1 aromatic rings. The minimum Gasteiger partial charge on any atom is -0.493 e. The van der Waals surface area contributed by atoms with Crippen molar-refractivity contribution in [3.8, 4) is 5.75 Å². The van der Waals surface area contributed by atoms with Crippen molar-refractivity contribution in [3.05, 3.63) is 23.8 Å². The summed E-state index contributed by atoms with van der Waals surface area (Å²) in [5.41, 5.74) is 7.80. The van der Waals surface area contributed by atoms with E-state index in [-0.39, 0.29) is 12.4 Å². The van der Waals surface area contributed by atoms with Gasteiger partial charge in [0.25, 0.3) is 0 Å². The van der Waals surface area contributed by atoms with Gasteiger partial charge in [-0.25, -0.2) is 0 Å². The Kier molecular flexibility index (Phi) is 2.82. The molecule has 1 aliphatic rings. The molecule has 0 bridgehead atoms. The molecule has 0 aliphatic carbocycles. The number of nitrogen functional groups attached to an aromatic ring is 1. The molecule has 2 rings (SSSR count). The van der Waals surface area contributed by atoms with Crippen molar-refractivity contribution in [2.24, 2.45) is 0 Å². The number of rotatable bonds is 0. The Bertz CT molecular complexity index is 275. The van der Waals surface area contributed by atoms with Gasteiger partial charge >= 0.3 is 0 Å². The second kappa shape index (κ2) is 3.68. The molecule has 0 aromatic heterocycles. The molecular formula is C9H12ClNO. The number of fused-ring (bicyclic) bond motifs is 1. The summed E-state index contributed by atoms with van der Waals surface area (Å²) in [5.74, 6) is 0.969. The van der Waals surface area contributed by atoms with E-state index in [9.17, 15) is 0 Å². The fourth-order valence-corrected chi connectivity index (χ4v) is 1.42. The molecule has 0 atom stereocenters. The van der Waals surface area contributed by atoms with Crippen LogP contribution in [0.3, 0.4) is 0 Å². The van der Waals surface area contributed by atoms with Gasteiger partial charge in [-0.1, -0.05) is 6.07 Å². The summed E-state index contributed by atoms with van der Waals surface area (Å²) < 4.78 is 5.42. The monoisotopic (exact) mass is 185 g/mol. The summed E-state index contributed by atoms with van der Waals surface area (Å²) in [4.78, 5) is 0. The van der Waals surface area contributed by atoms with Crippen molar-refractivity contribution in [2.75, 3.05) is 12.3 Å².